The molecular weight excluding hydrogens is 200 g/mol. The first kappa shape index (κ1) is 12.3. The largest absolute Gasteiger partial charge is 0.379 e. The van der Waals surface area contributed by atoms with Gasteiger partial charge in [-0.15, -0.1) is 0 Å². The summed E-state index contributed by atoms with van der Waals surface area (Å²) < 4.78 is 5.57. The van der Waals surface area contributed by atoms with Crippen LogP contribution in [0.4, 0.5) is 0 Å². The molecule has 0 saturated carbocycles. The van der Waals surface area contributed by atoms with Gasteiger partial charge in [-0.25, -0.2) is 0 Å². The quantitative estimate of drug-likeness (QED) is 0.788. The lowest BCUT2D eigenvalue weighted by atomic mass is 9.94. The Morgan fingerprint density at radius 2 is 2.38 bits per heavy atom. The summed E-state index contributed by atoms with van der Waals surface area (Å²) in [5.41, 5.74) is 0.312. The molecule has 0 radical (unpaired) electrons. The standard InChI is InChI=1S/C13H26N2O/c1-3-7-14-12-5-4-8-15(10-12)13(2)6-9-16-11-13/h12,14H,3-11H2,1-2H3. The third kappa shape index (κ3) is 2.76. The van der Waals surface area contributed by atoms with E-state index in [1.165, 1.54) is 38.8 Å². The Hall–Kier alpha value is -0.120. The summed E-state index contributed by atoms with van der Waals surface area (Å²) in [4.78, 5) is 2.65. The van der Waals surface area contributed by atoms with E-state index in [0.29, 0.717) is 11.6 Å². The van der Waals surface area contributed by atoms with Gasteiger partial charge in [0.1, 0.15) is 0 Å². The topological polar surface area (TPSA) is 24.5 Å². The SMILES string of the molecule is CCCNC1CCCN(C2(C)CCOC2)C1. The Labute approximate surface area is 99.5 Å². The van der Waals surface area contributed by atoms with Crippen LogP contribution in [0.25, 0.3) is 0 Å². The Bertz CT molecular complexity index is 214. The van der Waals surface area contributed by atoms with Crippen molar-refractivity contribution >= 4 is 0 Å². The van der Waals surface area contributed by atoms with Crippen molar-refractivity contribution in [1.82, 2.24) is 10.2 Å². The predicted octanol–water partition coefficient (Wildman–Crippen LogP) is 1.63. The highest BCUT2D eigenvalue weighted by Crippen LogP contribution is 2.28. The molecule has 2 saturated heterocycles. The number of nitrogens with zero attached hydrogens (tertiary/aromatic N) is 1. The van der Waals surface area contributed by atoms with E-state index in [1.54, 1.807) is 0 Å². The van der Waals surface area contributed by atoms with Crippen molar-refractivity contribution in [1.29, 1.82) is 0 Å². The van der Waals surface area contributed by atoms with Crippen LogP contribution in [0.5, 0.6) is 0 Å². The zero-order chi connectivity index (χ0) is 11.4. The van der Waals surface area contributed by atoms with Gasteiger partial charge in [-0.2, -0.15) is 0 Å². The average molecular weight is 226 g/mol. The average Bonchev–Trinajstić information content (AvgIpc) is 2.75. The van der Waals surface area contributed by atoms with Gasteiger partial charge in [0.25, 0.3) is 0 Å². The zero-order valence-electron chi connectivity index (χ0n) is 10.8. The molecule has 2 atom stereocenters. The van der Waals surface area contributed by atoms with Crippen molar-refractivity contribution in [3.8, 4) is 0 Å². The first-order chi connectivity index (χ1) is 7.74. The molecule has 94 valence electrons. The van der Waals surface area contributed by atoms with Crippen molar-refractivity contribution in [2.45, 2.75) is 51.1 Å². The molecule has 2 aliphatic rings. The fraction of sp³-hybridized carbons (Fsp3) is 1.00. The molecule has 2 rings (SSSR count). The first-order valence-corrected chi connectivity index (χ1v) is 6.81. The maximum atomic E-state index is 5.57. The number of rotatable bonds is 4. The van der Waals surface area contributed by atoms with Crippen LogP contribution in [0.3, 0.4) is 0 Å². The molecule has 2 heterocycles. The molecule has 0 aromatic carbocycles. The highest BCUT2D eigenvalue weighted by Gasteiger charge is 2.38. The van der Waals surface area contributed by atoms with Crippen LogP contribution in [0, 0.1) is 0 Å². The van der Waals surface area contributed by atoms with E-state index in [-0.39, 0.29) is 0 Å². The lowest BCUT2D eigenvalue weighted by Gasteiger charge is -2.43. The van der Waals surface area contributed by atoms with Gasteiger partial charge in [-0.1, -0.05) is 6.92 Å². The molecule has 2 fully saturated rings. The number of hydrogen-bond donors (Lipinski definition) is 1. The molecule has 16 heavy (non-hydrogen) atoms. The van der Waals surface area contributed by atoms with Crippen molar-refractivity contribution in [2.75, 3.05) is 32.8 Å². The molecule has 1 N–H and O–H groups in total. The molecule has 2 unspecified atom stereocenters. The third-order valence-electron chi connectivity index (χ3n) is 4.07. The van der Waals surface area contributed by atoms with Crippen LogP contribution in [0.15, 0.2) is 0 Å². The molecule has 0 bridgehead atoms. The molecule has 3 heteroatoms. The van der Waals surface area contributed by atoms with Crippen LogP contribution >= 0.6 is 0 Å². The van der Waals surface area contributed by atoms with E-state index in [4.69, 9.17) is 4.74 Å². The molecule has 0 spiro atoms. The van der Waals surface area contributed by atoms with Crippen molar-refractivity contribution in [2.24, 2.45) is 0 Å². The van der Waals surface area contributed by atoms with Gasteiger partial charge < -0.3 is 10.1 Å². The third-order valence-corrected chi connectivity index (χ3v) is 4.07. The van der Waals surface area contributed by atoms with Gasteiger partial charge in [-0.05, 0) is 45.7 Å². The van der Waals surface area contributed by atoms with Crippen molar-refractivity contribution in [3.05, 3.63) is 0 Å². The predicted molar refractivity (Wildman–Crippen MR) is 66.7 cm³/mol. The van der Waals surface area contributed by atoms with Gasteiger partial charge in [0.2, 0.25) is 0 Å². The minimum Gasteiger partial charge on any atom is -0.379 e. The molecule has 0 amide bonds. The summed E-state index contributed by atoms with van der Waals surface area (Å²) in [6.45, 7) is 10.1. The Kier molecular flexibility index (Phi) is 4.22. The second-order valence-corrected chi connectivity index (χ2v) is 5.54. The zero-order valence-corrected chi connectivity index (χ0v) is 10.8. The summed E-state index contributed by atoms with van der Waals surface area (Å²) in [6.07, 6.45) is 5.11. The highest BCUT2D eigenvalue weighted by molar-refractivity contribution is 4.93. The first-order valence-electron chi connectivity index (χ1n) is 6.81. The maximum absolute atomic E-state index is 5.57. The fourth-order valence-corrected chi connectivity index (χ4v) is 2.89. The van der Waals surface area contributed by atoms with E-state index in [9.17, 15) is 0 Å². The number of hydrogen-bond acceptors (Lipinski definition) is 3. The van der Waals surface area contributed by atoms with E-state index in [2.05, 4.69) is 24.1 Å². The fourth-order valence-electron chi connectivity index (χ4n) is 2.89. The summed E-state index contributed by atoms with van der Waals surface area (Å²) in [5.74, 6) is 0. The molecule has 3 nitrogen and oxygen atoms in total. The monoisotopic (exact) mass is 226 g/mol. The van der Waals surface area contributed by atoms with Crippen LogP contribution in [-0.2, 0) is 4.74 Å². The van der Waals surface area contributed by atoms with Gasteiger partial charge >= 0.3 is 0 Å². The Balaban J connectivity index is 1.85. The molecule has 2 aliphatic heterocycles. The van der Waals surface area contributed by atoms with Crippen LogP contribution in [-0.4, -0.2) is 49.3 Å². The van der Waals surface area contributed by atoms with Crippen LogP contribution < -0.4 is 5.32 Å². The lowest BCUT2D eigenvalue weighted by molar-refractivity contribution is 0.0510. The normalized spacial score (nSPS) is 36.8. The summed E-state index contributed by atoms with van der Waals surface area (Å²) >= 11 is 0. The van der Waals surface area contributed by atoms with Gasteiger partial charge in [0.05, 0.1) is 6.61 Å². The number of nitrogens with one attached hydrogen (secondary N) is 1. The van der Waals surface area contributed by atoms with Crippen LogP contribution in [0.1, 0.15) is 39.5 Å². The molecular formula is C13H26N2O. The lowest BCUT2D eigenvalue weighted by Crippen LogP contribution is -2.55. The second-order valence-electron chi connectivity index (χ2n) is 5.54. The minimum absolute atomic E-state index is 0.312. The molecule has 0 aliphatic carbocycles. The molecule has 0 aromatic rings. The number of likely N-dealkylation sites (tertiary alicyclic amines) is 1. The Morgan fingerprint density at radius 1 is 1.50 bits per heavy atom. The smallest absolute Gasteiger partial charge is 0.0648 e. The van der Waals surface area contributed by atoms with Crippen molar-refractivity contribution in [3.63, 3.8) is 0 Å². The second kappa shape index (κ2) is 5.48. The maximum Gasteiger partial charge on any atom is 0.0648 e. The van der Waals surface area contributed by atoms with E-state index < -0.39 is 0 Å². The summed E-state index contributed by atoms with van der Waals surface area (Å²) in [5, 5.41) is 3.66. The highest BCUT2D eigenvalue weighted by atomic mass is 16.5. The van der Waals surface area contributed by atoms with E-state index >= 15 is 0 Å². The number of ether oxygens (including phenoxy) is 1. The van der Waals surface area contributed by atoms with E-state index in [0.717, 1.165) is 19.8 Å². The van der Waals surface area contributed by atoms with Gasteiger partial charge in [0.15, 0.2) is 0 Å². The van der Waals surface area contributed by atoms with E-state index in [1.807, 2.05) is 0 Å². The van der Waals surface area contributed by atoms with Crippen LogP contribution in [0.2, 0.25) is 0 Å². The van der Waals surface area contributed by atoms with Gasteiger partial charge in [-0.3, -0.25) is 4.90 Å². The minimum atomic E-state index is 0.312. The van der Waals surface area contributed by atoms with Crippen molar-refractivity contribution < 1.29 is 4.74 Å². The summed E-state index contributed by atoms with van der Waals surface area (Å²) in [6, 6.07) is 0.700. The number of piperidine rings is 1. The molecule has 0 aromatic heterocycles. The summed E-state index contributed by atoms with van der Waals surface area (Å²) in [7, 11) is 0. The Morgan fingerprint density at radius 3 is 3.06 bits per heavy atom. The van der Waals surface area contributed by atoms with Gasteiger partial charge in [0, 0.05) is 24.7 Å².